The summed E-state index contributed by atoms with van der Waals surface area (Å²) in [6, 6.07) is 1.01. The van der Waals surface area contributed by atoms with Crippen LogP contribution in [0.25, 0.3) is 10.4 Å². The molecule has 0 bridgehead atoms. The second-order valence-corrected chi connectivity index (χ2v) is 25.8. The fourth-order valence-electron chi connectivity index (χ4n) is 0.550. The highest BCUT2D eigenvalue weighted by molar-refractivity contribution is 6.77. The molecule has 0 radical (unpaired) electrons. The van der Waals surface area contributed by atoms with E-state index in [2.05, 4.69) is 81.4 Å². The summed E-state index contributed by atoms with van der Waals surface area (Å²) >= 11 is 0. The molecule has 0 aliphatic heterocycles. The van der Waals surface area contributed by atoms with Gasteiger partial charge in [-0.05, 0) is 5.53 Å². The van der Waals surface area contributed by atoms with Crippen LogP contribution in [-0.4, -0.2) is 30.4 Å². The molecule has 0 saturated carbocycles. The third-order valence-corrected chi connectivity index (χ3v) is 3.60. The van der Waals surface area contributed by atoms with Gasteiger partial charge in [0.25, 0.3) is 0 Å². The lowest BCUT2D eigenvalue weighted by Gasteiger charge is -2.09. The van der Waals surface area contributed by atoms with Crippen molar-refractivity contribution in [3.8, 4) is 12.3 Å². The van der Waals surface area contributed by atoms with E-state index < -0.39 is 24.2 Å². The molecule has 118 valence electrons. The van der Waals surface area contributed by atoms with E-state index in [0.29, 0.717) is 6.17 Å². The van der Waals surface area contributed by atoms with Crippen molar-refractivity contribution in [3.63, 3.8) is 0 Å². The predicted octanol–water partition coefficient (Wildman–Crippen LogP) is 6.09. The van der Waals surface area contributed by atoms with Gasteiger partial charge < -0.3 is 0 Å². The van der Waals surface area contributed by atoms with Crippen molar-refractivity contribution in [1.82, 2.24) is 0 Å². The summed E-state index contributed by atoms with van der Waals surface area (Å²) in [5.74, 6) is 2.67. The molecule has 0 heterocycles. The molecule has 0 aliphatic carbocycles. The lowest BCUT2D eigenvalue weighted by Crippen LogP contribution is -2.24. The molecule has 0 aliphatic rings. The lowest BCUT2D eigenvalue weighted by molar-refractivity contribution is 1.25. The Labute approximate surface area is 130 Å². The first kappa shape index (κ1) is 24.5. The van der Waals surface area contributed by atoms with E-state index in [1.165, 1.54) is 0 Å². The minimum atomic E-state index is -1.10. The van der Waals surface area contributed by atoms with Gasteiger partial charge in [0.05, 0.1) is 16.1 Å². The van der Waals surface area contributed by atoms with Crippen molar-refractivity contribution in [2.24, 2.45) is 5.11 Å². The van der Waals surface area contributed by atoms with Crippen LogP contribution >= 0.6 is 0 Å². The van der Waals surface area contributed by atoms with Crippen molar-refractivity contribution in [1.29, 1.82) is 0 Å². The molecule has 0 N–H and O–H groups in total. The van der Waals surface area contributed by atoms with Gasteiger partial charge in [0.1, 0.15) is 0 Å². The molecule has 0 fully saturated rings. The quantitative estimate of drug-likeness (QED) is 0.198. The van der Waals surface area contributed by atoms with Crippen LogP contribution in [0, 0.1) is 12.3 Å². The number of nitrogens with zero attached hydrogens (tertiary/aromatic N) is 3. The van der Waals surface area contributed by atoms with Crippen molar-refractivity contribution < 1.29 is 0 Å². The number of rotatable bonds is 3. The summed E-state index contributed by atoms with van der Waals surface area (Å²) in [5, 5.41) is 3.49. The Morgan fingerprint density at radius 1 is 0.900 bits per heavy atom. The van der Waals surface area contributed by atoms with Crippen LogP contribution in [0.2, 0.25) is 71.5 Å². The molecule has 0 spiro atoms. The molecule has 0 atom stereocenters. The van der Waals surface area contributed by atoms with E-state index in [0.717, 1.165) is 6.04 Å². The zero-order chi connectivity index (χ0) is 17.0. The van der Waals surface area contributed by atoms with E-state index in [-0.39, 0.29) is 0 Å². The zero-order valence-electron chi connectivity index (χ0n) is 15.3. The highest BCUT2D eigenvalue weighted by Gasteiger charge is 2.09. The fourth-order valence-corrected chi connectivity index (χ4v) is 1.65. The van der Waals surface area contributed by atoms with E-state index in [4.69, 9.17) is 12.0 Å². The Morgan fingerprint density at radius 3 is 1.30 bits per heavy atom. The molecule has 0 amide bonds. The van der Waals surface area contributed by atoms with E-state index >= 15 is 0 Å². The first-order chi connectivity index (χ1) is 8.62. The van der Waals surface area contributed by atoms with Crippen LogP contribution < -0.4 is 0 Å². The summed E-state index contributed by atoms with van der Waals surface area (Å²) in [7, 11) is -2.60. The Bertz CT molecular complexity index is 316. The molecular weight excluding hydrogens is 294 g/mol. The summed E-state index contributed by atoms with van der Waals surface area (Å²) in [6.45, 7) is 22.6. The van der Waals surface area contributed by atoms with Gasteiger partial charge in [-0.15, -0.1) is 12.3 Å². The summed E-state index contributed by atoms with van der Waals surface area (Å²) in [5.41, 5.74) is 7.91. The number of hydrogen-bond donors (Lipinski definition) is 0. The maximum absolute atomic E-state index is 7.91. The van der Waals surface area contributed by atoms with Crippen molar-refractivity contribution >= 4 is 24.2 Å². The minimum Gasteiger partial charge on any atom is -0.120 e. The second kappa shape index (κ2) is 11.2. The zero-order valence-corrected chi connectivity index (χ0v) is 18.3. The molecule has 0 saturated heterocycles. The molecule has 0 aromatic carbocycles. The van der Waals surface area contributed by atoms with E-state index in [9.17, 15) is 0 Å². The van der Waals surface area contributed by atoms with E-state index in [1.54, 1.807) is 0 Å². The Morgan fingerprint density at radius 2 is 1.25 bits per heavy atom. The molecule has 0 aromatic rings. The van der Waals surface area contributed by atoms with Crippen LogP contribution in [0.1, 0.15) is 0 Å². The average molecular weight is 330 g/mol. The van der Waals surface area contributed by atoms with Crippen molar-refractivity contribution in [2.75, 3.05) is 6.17 Å². The standard InChI is InChI=1S/C6H12Si.C4H11N3Si.C4H12Si/c1-5-6-7(2,3)4;1-8(2,3)4-6-7-5;1-5(2,3)4/h1H,6H2,2-4H3;4H2,1-3H3;1-4H3. The smallest absolute Gasteiger partial charge is 0.0573 e. The van der Waals surface area contributed by atoms with Gasteiger partial charge in [0, 0.05) is 25.2 Å². The minimum absolute atomic E-state index is 0.611. The fraction of sp³-hybridized carbons (Fsp3) is 0.857. The summed E-state index contributed by atoms with van der Waals surface area (Å²) < 4.78 is 0. The van der Waals surface area contributed by atoms with Crippen LogP contribution in [0.15, 0.2) is 5.11 Å². The van der Waals surface area contributed by atoms with Crippen LogP contribution in [0.5, 0.6) is 0 Å². The first-order valence-electron chi connectivity index (χ1n) is 7.07. The van der Waals surface area contributed by atoms with Gasteiger partial charge in [-0.2, -0.15) is 0 Å². The van der Waals surface area contributed by atoms with Gasteiger partial charge in [0.15, 0.2) is 0 Å². The first-order valence-corrected chi connectivity index (χ1v) is 18.5. The highest BCUT2D eigenvalue weighted by Crippen LogP contribution is 2.04. The van der Waals surface area contributed by atoms with Gasteiger partial charge in [-0.3, -0.25) is 0 Å². The molecule has 0 aromatic heterocycles. The summed E-state index contributed by atoms with van der Waals surface area (Å²) in [4.78, 5) is 2.68. The van der Waals surface area contributed by atoms with Gasteiger partial charge in [-0.25, -0.2) is 0 Å². The molecule has 3 nitrogen and oxygen atoms in total. The summed E-state index contributed by atoms with van der Waals surface area (Å²) in [6.07, 6.45) is 5.81. The number of azide groups is 1. The maximum atomic E-state index is 7.91. The Hall–Kier alpha value is -0.479. The van der Waals surface area contributed by atoms with E-state index in [1.807, 2.05) is 0 Å². The van der Waals surface area contributed by atoms with Crippen molar-refractivity contribution in [3.05, 3.63) is 10.4 Å². The topological polar surface area (TPSA) is 48.8 Å². The van der Waals surface area contributed by atoms with Crippen LogP contribution in [-0.2, 0) is 0 Å². The number of terminal acetylenes is 1. The SMILES string of the molecule is C#CC[Si](C)(C)C.C[Si](C)(C)C.C[Si](C)(C)CN=[N+]=[N-]. The van der Waals surface area contributed by atoms with Crippen LogP contribution in [0.4, 0.5) is 0 Å². The monoisotopic (exact) mass is 329 g/mol. The molecule has 0 unspecified atom stereocenters. The Balaban J connectivity index is -0.000000223. The highest BCUT2D eigenvalue weighted by atomic mass is 28.3. The third kappa shape index (κ3) is 65.9. The molecule has 6 heteroatoms. The third-order valence-electron chi connectivity index (χ3n) is 1.24. The molecular formula is C14H35N3Si3. The van der Waals surface area contributed by atoms with Crippen molar-refractivity contribution in [2.45, 2.75) is 71.5 Å². The second-order valence-electron chi connectivity index (χ2n) is 8.89. The van der Waals surface area contributed by atoms with Gasteiger partial charge in [0.2, 0.25) is 0 Å². The Kier molecular flexibility index (Phi) is 13.8. The average Bonchev–Trinajstić information content (AvgIpc) is 2.09. The molecule has 20 heavy (non-hydrogen) atoms. The number of hydrogen-bond acceptors (Lipinski definition) is 1. The lowest BCUT2D eigenvalue weighted by atomic mass is 10.8. The maximum Gasteiger partial charge on any atom is 0.0573 e. The van der Waals surface area contributed by atoms with Gasteiger partial charge >= 0.3 is 0 Å². The molecule has 0 rings (SSSR count). The predicted molar refractivity (Wildman–Crippen MR) is 104 cm³/mol. The van der Waals surface area contributed by atoms with Crippen LogP contribution in [0.3, 0.4) is 0 Å². The van der Waals surface area contributed by atoms with Gasteiger partial charge in [-0.1, -0.05) is 70.6 Å². The largest absolute Gasteiger partial charge is 0.120 e. The normalized spacial score (nSPS) is 10.8.